The Balaban J connectivity index is 1.72. The number of aliphatic hydroxyl groups is 2. The quantitative estimate of drug-likeness (QED) is 0.744. The topological polar surface area (TPSA) is 59.5 Å². The number of allylic oxidation sites excluding steroid dienone is 1. The lowest BCUT2D eigenvalue weighted by Crippen LogP contribution is -2.68. The lowest BCUT2D eigenvalue weighted by molar-refractivity contribution is -0.140. The highest BCUT2D eigenvalue weighted by Crippen LogP contribution is 2.58. The number of fused-ring (bicyclic) bond motifs is 4. The van der Waals surface area contributed by atoms with Crippen molar-refractivity contribution in [2.24, 2.45) is 11.3 Å². The van der Waals surface area contributed by atoms with Gasteiger partial charge in [0.05, 0.1) is 19.3 Å². The van der Waals surface area contributed by atoms with Crippen LogP contribution in [0.4, 0.5) is 0 Å². The number of aliphatic hydroxyl groups excluding tert-OH is 2. The van der Waals surface area contributed by atoms with Crippen molar-refractivity contribution in [2.45, 2.75) is 31.8 Å². The van der Waals surface area contributed by atoms with E-state index in [1.54, 1.807) is 0 Å². The van der Waals surface area contributed by atoms with Crippen LogP contribution in [-0.2, 0) is 6.42 Å². The summed E-state index contributed by atoms with van der Waals surface area (Å²) in [6.07, 6.45) is 4.08. The molecule has 3 N–H and O–H groups in total. The second-order valence-electron chi connectivity index (χ2n) is 7.67. The van der Waals surface area contributed by atoms with Crippen LogP contribution >= 0.6 is 0 Å². The minimum absolute atomic E-state index is 0.0527. The minimum atomic E-state index is -0.424. The van der Waals surface area contributed by atoms with Gasteiger partial charge in [-0.2, -0.15) is 0 Å². The first-order chi connectivity index (χ1) is 11.7. The number of rotatable bonds is 2. The van der Waals surface area contributed by atoms with Gasteiger partial charge in [-0.25, -0.2) is 0 Å². The molecular formula is C20H24N2O2. The Hall–Kier alpha value is -1.62. The fraction of sp³-hybridized carbons (Fsp3) is 0.500. The number of benzene rings is 1. The molecule has 2 aromatic rings. The molecule has 0 amide bonds. The highest BCUT2D eigenvalue weighted by molar-refractivity contribution is 5.85. The summed E-state index contributed by atoms with van der Waals surface area (Å²) in [5.74, 6) is 0.275. The molecule has 0 spiro atoms. The van der Waals surface area contributed by atoms with Crippen LogP contribution in [0.25, 0.3) is 10.9 Å². The van der Waals surface area contributed by atoms with Gasteiger partial charge in [-0.1, -0.05) is 29.8 Å². The Morgan fingerprint density at radius 2 is 2.08 bits per heavy atom. The Morgan fingerprint density at radius 3 is 2.83 bits per heavy atom. The van der Waals surface area contributed by atoms with Crippen molar-refractivity contribution in [1.82, 2.24) is 9.88 Å². The van der Waals surface area contributed by atoms with Crippen LogP contribution in [0.15, 0.2) is 35.9 Å². The number of nitrogens with zero attached hydrogens (tertiary/aromatic N) is 1. The number of aromatic nitrogens is 1. The van der Waals surface area contributed by atoms with Crippen LogP contribution in [0, 0.1) is 11.3 Å². The molecule has 3 fully saturated rings. The first kappa shape index (κ1) is 14.7. The number of aromatic amines is 1. The first-order valence-electron chi connectivity index (χ1n) is 8.95. The van der Waals surface area contributed by atoms with Crippen LogP contribution in [0.5, 0.6) is 0 Å². The number of hydrogen-bond donors (Lipinski definition) is 3. The molecule has 2 unspecified atom stereocenters. The fourth-order valence-electron chi connectivity index (χ4n) is 5.73. The summed E-state index contributed by atoms with van der Waals surface area (Å²) in [5.41, 5.74) is 4.91. The lowest BCUT2D eigenvalue weighted by atomic mass is 9.55. The van der Waals surface area contributed by atoms with Crippen molar-refractivity contribution in [2.75, 3.05) is 19.8 Å². The molecule has 4 nitrogen and oxygen atoms in total. The zero-order valence-corrected chi connectivity index (χ0v) is 14.0. The van der Waals surface area contributed by atoms with Gasteiger partial charge in [0.1, 0.15) is 0 Å². The highest BCUT2D eigenvalue weighted by atomic mass is 16.3. The fourth-order valence-corrected chi connectivity index (χ4v) is 5.73. The molecule has 4 heteroatoms. The smallest absolute Gasteiger partial charge is 0.0530 e. The van der Waals surface area contributed by atoms with Crippen LogP contribution in [0.2, 0.25) is 0 Å². The second kappa shape index (κ2) is 4.94. The molecule has 1 aromatic heterocycles. The van der Waals surface area contributed by atoms with Gasteiger partial charge in [-0.3, -0.25) is 4.90 Å². The van der Waals surface area contributed by atoms with E-state index in [0.29, 0.717) is 6.04 Å². The number of H-pyrrole nitrogens is 1. The summed E-state index contributed by atoms with van der Waals surface area (Å²) in [5, 5.41) is 21.9. The van der Waals surface area contributed by atoms with Gasteiger partial charge in [0.2, 0.25) is 0 Å². The Labute approximate surface area is 141 Å². The van der Waals surface area contributed by atoms with Crippen molar-refractivity contribution in [3.05, 3.63) is 47.2 Å². The van der Waals surface area contributed by atoms with Gasteiger partial charge in [0.25, 0.3) is 0 Å². The standard InChI is InChI=1S/C20H24N2O2/c1-2-12-9-22-17-8-15(12)20(10-23,11-24)18(22)7-14-13-5-3-4-6-16(13)21-19(14)17/h2-6,15,17-18,21,23-24H,7-11H2,1H3/b12-2-/t15?,17-,18-/m0/s1. The minimum Gasteiger partial charge on any atom is -0.396 e. The summed E-state index contributed by atoms with van der Waals surface area (Å²) in [6.45, 7) is 3.15. The molecule has 1 aromatic carbocycles. The summed E-state index contributed by atoms with van der Waals surface area (Å²) in [7, 11) is 0. The Kier molecular flexibility index (Phi) is 3.03. The lowest BCUT2D eigenvalue weighted by Gasteiger charge is -2.63. The largest absolute Gasteiger partial charge is 0.396 e. The van der Waals surface area contributed by atoms with E-state index in [2.05, 4.69) is 47.1 Å². The monoisotopic (exact) mass is 324 g/mol. The third kappa shape index (κ3) is 1.59. The third-order valence-electron chi connectivity index (χ3n) is 6.97. The summed E-state index contributed by atoms with van der Waals surface area (Å²) in [6, 6.07) is 9.10. The average Bonchev–Trinajstić information content (AvgIpc) is 3.01. The molecule has 4 aliphatic heterocycles. The summed E-state index contributed by atoms with van der Waals surface area (Å²) < 4.78 is 0. The number of para-hydroxylation sites is 1. The molecule has 0 aliphatic carbocycles. The molecular weight excluding hydrogens is 300 g/mol. The number of piperidine rings is 3. The summed E-state index contributed by atoms with van der Waals surface area (Å²) >= 11 is 0. The van der Waals surface area contributed by atoms with Crippen LogP contribution in [0.3, 0.4) is 0 Å². The van der Waals surface area contributed by atoms with E-state index in [9.17, 15) is 10.2 Å². The van der Waals surface area contributed by atoms with Gasteiger partial charge in [0, 0.05) is 34.6 Å². The van der Waals surface area contributed by atoms with E-state index in [1.807, 2.05) is 0 Å². The highest BCUT2D eigenvalue weighted by Gasteiger charge is 2.60. The molecule has 0 saturated carbocycles. The van der Waals surface area contributed by atoms with Crippen LogP contribution in [0.1, 0.15) is 30.6 Å². The van der Waals surface area contributed by atoms with Crippen molar-refractivity contribution in [3.63, 3.8) is 0 Å². The van der Waals surface area contributed by atoms with E-state index in [4.69, 9.17) is 0 Å². The van der Waals surface area contributed by atoms with E-state index in [-0.39, 0.29) is 25.2 Å². The molecule has 6 rings (SSSR count). The van der Waals surface area contributed by atoms with Gasteiger partial charge >= 0.3 is 0 Å². The Morgan fingerprint density at radius 1 is 1.29 bits per heavy atom. The summed E-state index contributed by atoms with van der Waals surface area (Å²) in [4.78, 5) is 6.19. The molecule has 3 saturated heterocycles. The zero-order chi connectivity index (χ0) is 16.5. The van der Waals surface area contributed by atoms with Gasteiger partial charge in [-0.05, 0) is 37.3 Å². The van der Waals surface area contributed by atoms with E-state index in [1.165, 1.54) is 27.7 Å². The maximum atomic E-state index is 10.3. The third-order valence-corrected chi connectivity index (χ3v) is 6.97. The van der Waals surface area contributed by atoms with Crippen LogP contribution < -0.4 is 0 Å². The maximum absolute atomic E-state index is 10.3. The van der Waals surface area contributed by atoms with Crippen molar-refractivity contribution in [3.8, 4) is 0 Å². The SMILES string of the molecule is C/C=C1/CN2[C@H]3Cc4c([nH]c5ccccc45)[C@@H]2CC1C3(CO)CO. The zero-order valence-electron chi connectivity index (χ0n) is 14.0. The Bertz CT molecular complexity index is 833. The van der Waals surface area contributed by atoms with E-state index >= 15 is 0 Å². The van der Waals surface area contributed by atoms with Crippen molar-refractivity contribution >= 4 is 10.9 Å². The maximum Gasteiger partial charge on any atom is 0.0530 e. The molecule has 4 atom stereocenters. The van der Waals surface area contributed by atoms with Gasteiger partial charge in [0.15, 0.2) is 0 Å². The predicted molar refractivity (Wildman–Crippen MR) is 93.7 cm³/mol. The van der Waals surface area contributed by atoms with E-state index < -0.39 is 5.41 Å². The van der Waals surface area contributed by atoms with Gasteiger partial charge < -0.3 is 15.2 Å². The number of hydrogen-bond acceptors (Lipinski definition) is 3. The van der Waals surface area contributed by atoms with Crippen LogP contribution in [-0.4, -0.2) is 45.9 Å². The molecule has 126 valence electrons. The second-order valence-corrected chi connectivity index (χ2v) is 7.67. The molecule has 4 aliphatic rings. The first-order valence-corrected chi connectivity index (χ1v) is 8.95. The van der Waals surface area contributed by atoms with Gasteiger partial charge in [-0.15, -0.1) is 0 Å². The van der Waals surface area contributed by atoms with E-state index in [0.717, 1.165) is 19.4 Å². The predicted octanol–water partition coefficient (Wildman–Crippen LogP) is 2.39. The molecule has 5 heterocycles. The number of nitrogens with one attached hydrogen (secondary N) is 1. The average molecular weight is 324 g/mol. The van der Waals surface area contributed by atoms with Crippen molar-refractivity contribution in [1.29, 1.82) is 0 Å². The molecule has 0 radical (unpaired) electrons. The molecule has 24 heavy (non-hydrogen) atoms. The normalized spacial score (nSPS) is 34.7. The van der Waals surface area contributed by atoms with Crippen molar-refractivity contribution < 1.29 is 10.2 Å². The molecule has 4 bridgehead atoms.